The number of aryl methyl sites for hydroxylation is 1. The van der Waals surface area contributed by atoms with Crippen LogP contribution in [0.5, 0.6) is 0 Å². The number of rotatable bonds is 5. The van der Waals surface area contributed by atoms with E-state index in [0.717, 1.165) is 27.7 Å². The van der Waals surface area contributed by atoms with Crippen LogP contribution in [-0.4, -0.2) is 10.9 Å². The van der Waals surface area contributed by atoms with Crippen molar-refractivity contribution < 1.29 is 13.6 Å². The van der Waals surface area contributed by atoms with E-state index >= 15 is 0 Å². The van der Waals surface area contributed by atoms with Crippen LogP contribution < -0.4 is 5.32 Å². The number of amides is 1. The average Bonchev–Trinajstić information content (AvgIpc) is 3.30. The number of fused-ring (bicyclic) bond motifs is 1. The van der Waals surface area contributed by atoms with Crippen molar-refractivity contribution in [1.29, 1.82) is 0 Å². The molecule has 0 spiro atoms. The second-order valence-electron chi connectivity index (χ2n) is 6.52. The molecule has 27 heavy (non-hydrogen) atoms. The third-order valence-corrected chi connectivity index (χ3v) is 4.68. The molecule has 1 unspecified atom stereocenters. The Hall–Kier alpha value is -3.34. The minimum absolute atomic E-state index is 0.152. The molecule has 5 heteroatoms. The lowest BCUT2D eigenvalue weighted by Crippen LogP contribution is -2.30. The Labute approximate surface area is 156 Å². The number of carbonyl (C=O) groups is 1. The Morgan fingerprint density at radius 2 is 1.96 bits per heavy atom. The molecule has 0 saturated carbocycles. The van der Waals surface area contributed by atoms with Crippen LogP contribution in [-0.2, 0) is 11.2 Å². The van der Waals surface area contributed by atoms with Gasteiger partial charge in [-0.05, 0) is 48.4 Å². The number of aromatic nitrogens is 1. The Morgan fingerprint density at radius 3 is 2.70 bits per heavy atom. The molecule has 0 bridgehead atoms. The van der Waals surface area contributed by atoms with Gasteiger partial charge in [-0.2, -0.15) is 0 Å². The Morgan fingerprint density at radius 1 is 1.15 bits per heavy atom. The number of nitrogens with one attached hydrogen (secondary N) is 2. The van der Waals surface area contributed by atoms with Crippen LogP contribution in [0.1, 0.15) is 28.6 Å². The van der Waals surface area contributed by atoms with E-state index in [-0.39, 0.29) is 24.2 Å². The molecule has 136 valence electrons. The minimum Gasteiger partial charge on any atom is -0.467 e. The largest absolute Gasteiger partial charge is 0.467 e. The zero-order valence-electron chi connectivity index (χ0n) is 14.8. The van der Waals surface area contributed by atoms with Gasteiger partial charge in [0, 0.05) is 16.6 Å². The Bertz CT molecular complexity index is 1070. The van der Waals surface area contributed by atoms with Crippen LogP contribution in [0, 0.1) is 12.7 Å². The number of hydrogen-bond donors (Lipinski definition) is 2. The predicted molar refractivity (Wildman–Crippen MR) is 102 cm³/mol. The lowest BCUT2D eigenvalue weighted by molar-refractivity contribution is -0.121. The van der Waals surface area contributed by atoms with Crippen LogP contribution in [0.15, 0.2) is 71.3 Å². The van der Waals surface area contributed by atoms with Crippen LogP contribution in [0.2, 0.25) is 0 Å². The van der Waals surface area contributed by atoms with Crippen molar-refractivity contribution in [3.63, 3.8) is 0 Å². The molecule has 2 aromatic heterocycles. The smallest absolute Gasteiger partial charge is 0.225 e. The maximum Gasteiger partial charge on any atom is 0.225 e. The summed E-state index contributed by atoms with van der Waals surface area (Å²) in [6.07, 6.45) is 1.74. The number of carbonyl (C=O) groups excluding carboxylic acids is 1. The molecular weight excluding hydrogens is 343 g/mol. The number of halogens is 1. The average molecular weight is 362 g/mol. The van der Waals surface area contributed by atoms with E-state index in [1.54, 1.807) is 18.4 Å². The highest BCUT2D eigenvalue weighted by Crippen LogP contribution is 2.25. The first kappa shape index (κ1) is 17.1. The summed E-state index contributed by atoms with van der Waals surface area (Å²) in [5.41, 5.74) is 3.41. The first-order chi connectivity index (χ1) is 13.1. The van der Waals surface area contributed by atoms with Crippen molar-refractivity contribution >= 4 is 16.8 Å². The quantitative estimate of drug-likeness (QED) is 0.543. The second kappa shape index (κ2) is 7.11. The van der Waals surface area contributed by atoms with E-state index in [2.05, 4.69) is 10.3 Å². The van der Waals surface area contributed by atoms with Crippen LogP contribution in [0.4, 0.5) is 4.39 Å². The molecule has 4 aromatic rings. The van der Waals surface area contributed by atoms with Gasteiger partial charge in [0.25, 0.3) is 0 Å². The van der Waals surface area contributed by atoms with Crippen molar-refractivity contribution in [1.82, 2.24) is 10.3 Å². The SMILES string of the molecule is Cc1[nH]c2ccc(F)cc2c1CC(=O)NC(c1ccccc1)c1ccco1. The van der Waals surface area contributed by atoms with Crippen molar-refractivity contribution in [3.05, 3.63) is 95.3 Å². The van der Waals surface area contributed by atoms with E-state index in [9.17, 15) is 9.18 Å². The molecule has 0 aliphatic rings. The standard InChI is InChI=1S/C22H19FN2O2/c1-14-17(18-12-16(23)9-10-19(18)24-14)13-21(26)25-22(20-8-5-11-27-20)15-6-3-2-4-7-15/h2-12,22,24H,13H2,1H3,(H,25,26). The lowest BCUT2D eigenvalue weighted by Gasteiger charge is -2.17. The van der Waals surface area contributed by atoms with Gasteiger partial charge < -0.3 is 14.7 Å². The molecule has 2 aromatic carbocycles. The third-order valence-electron chi connectivity index (χ3n) is 4.68. The fraction of sp³-hybridized carbons (Fsp3) is 0.136. The van der Waals surface area contributed by atoms with E-state index in [1.165, 1.54) is 12.1 Å². The van der Waals surface area contributed by atoms with Crippen LogP contribution in [0.25, 0.3) is 10.9 Å². The van der Waals surface area contributed by atoms with Gasteiger partial charge in [-0.1, -0.05) is 30.3 Å². The molecule has 0 fully saturated rings. The fourth-order valence-electron chi connectivity index (χ4n) is 3.37. The van der Waals surface area contributed by atoms with Gasteiger partial charge in [0.1, 0.15) is 17.6 Å². The fourth-order valence-corrected chi connectivity index (χ4v) is 3.37. The third kappa shape index (κ3) is 3.49. The molecule has 1 atom stereocenters. The maximum absolute atomic E-state index is 13.7. The van der Waals surface area contributed by atoms with Gasteiger partial charge in [0.15, 0.2) is 0 Å². The lowest BCUT2D eigenvalue weighted by atomic mass is 10.0. The van der Waals surface area contributed by atoms with Crippen molar-refractivity contribution in [3.8, 4) is 0 Å². The highest BCUT2D eigenvalue weighted by atomic mass is 19.1. The Balaban J connectivity index is 1.61. The van der Waals surface area contributed by atoms with Gasteiger partial charge in [0.05, 0.1) is 12.7 Å². The molecule has 2 heterocycles. The minimum atomic E-state index is -0.379. The van der Waals surface area contributed by atoms with E-state index in [0.29, 0.717) is 5.76 Å². The normalized spacial score (nSPS) is 12.2. The summed E-state index contributed by atoms with van der Waals surface area (Å²) in [6, 6.07) is 17.5. The molecule has 1 amide bonds. The van der Waals surface area contributed by atoms with Crippen molar-refractivity contribution in [2.45, 2.75) is 19.4 Å². The number of benzene rings is 2. The summed E-state index contributed by atoms with van der Waals surface area (Å²) in [6.45, 7) is 1.89. The van der Waals surface area contributed by atoms with Gasteiger partial charge in [-0.3, -0.25) is 4.79 Å². The van der Waals surface area contributed by atoms with Crippen molar-refractivity contribution in [2.24, 2.45) is 0 Å². The summed E-state index contributed by atoms with van der Waals surface area (Å²) < 4.78 is 19.2. The topological polar surface area (TPSA) is 58.0 Å². The van der Waals surface area contributed by atoms with Gasteiger partial charge >= 0.3 is 0 Å². The molecule has 4 nitrogen and oxygen atoms in total. The van der Waals surface area contributed by atoms with E-state index < -0.39 is 0 Å². The van der Waals surface area contributed by atoms with Crippen LogP contribution >= 0.6 is 0 Å². The van der Waals surface area contributed by atoms with Gasteiger partial charge in [-0.25, -0.2) is 4.39 Å². The molecule has 0 aliphatic carbocycles. The zero-order valence-corrected chi connectivity index (χ0v) is 14.8. The van der Waals surface area contributed by atoms with E-state index in [1.807, 2.05) is 43.3 Å². The predicted octanol–water partition coefficient (Wildman–Crippen LogP) is 4.66. The molecule has 0 radical (unpaired) electrons. The van der Waals surface area contributed by atoms with Gasteiger partial charge in [-0.15, -0.1) is 0 Å². The molecular formula is C22H19FN2O2. The number of hydrogen-bond acceptors (Lipinski definition) is 2. The molecule has 0 aliphatic heterocycles. The summed E-state index contributed by atoms with van der Waals surface area (Å²) in [5, 5.41) is 3.77. The molecule has 0 saturated heterocycles. The monoisotopic (exact) mass is 362 g/mol. The summed E-state index contributed by atoms with van der Waals surface area (Å²) in [7, 11) is 0. The van der Waals surface area contributed by atoms with Crippen molar-refractivity contribution in [2.75, 3.05) is 0 Å². The number of aromatic amines is 1. The maximum atomic E-state index is 13.7. The first-order valence-corrected chi connectivity index (χ1v) is 8.76. The highest BCUT2D eigenvalue weighted by Gasteiger charge is 2.21. The molecule has 2 N–H and O–H groups in total. The number of furan rings is 1. The second-order valence-corrected chi connectivity index (χ2v) is 6.52. The Kier molecular flexibility index (Phi) is 4.50. The van der Waals surface area contributed by atoms with Crippen LogP contribution in [0.3, 0.4) is 0 Å². The van der Waals surface area contributed by atoms with E-state index in [4.69, 9.17) is 4.42 Å². The summed E-state index contributed by atoms with van der Waals surface area (Å²) >= 11 is 0. The summed E-state index contributed by atoms with van der Waals surface area (Å²) in [5.74, 6) is 0.186. The van der Waals surface area contributed by atoms with Gasteiger partial charge in [0.2, 0.25) is 5.91 Å². The highest BCUT2D eigenvalue weighted by molar-refractivity contribution is 5.90. The molecule has 4 rings (SSSR count). The zero-order chi connectivity index (χ0) is 18.8. The first-order valence-electron chi connectivity index (χ1n) is 8.76. The number of H-pyrrole nitrogens is 1. The summed E-state index contributed by atoms with van der Waals surface area (Å²) in [4.78, 5) is 16.0.